The highest BCUT2D eigenvalue weighted by Gasteiger charge is 2.12. The van der Waals surface area contributed by atoms with Crippen molar-refractivity contribution in [3.05, 3.63) is 62.8 Å². The zero-order valence-electron chi connectivity index (χ0n) is 10.9. The molecule has 1 aromatic carbocycles. The molecule has 0 unspecified atom stereocenters. The molecule has 0 aliphatic carbocycles. The van der Waals surface area contributed by atoms with Gasteiger partial charge >= 0.3 is 0 Å². The quantitative estimate of drug-likeness (QED) is 0.765. The molecule has 106 valence electrons. The first-order chi connectivity index (χ1) is 10.2. The van der Waals surface area contributed by atoms with Gasteiger partial charge in [-0.2, -0.15) is 11.3 Å². The third kappa shape index (κ3) is 3.32. The topological polar surface area (TPSA) is 42.0 Å². The Bertz CT molecular complexity index is 753. The molecule has 0 aliphatic rings. The van der Waals surface area contributed by atoms with Gasteiger partial charge in [0.25, 0.3) is 5.91 Å². The third-order valence-electron chi connectivity index (χ3n) is 2.90. The van der Waals surface area contributed by atoms with Gasteiger partial charge in [0.05, 0.1) is 0 Å². The maximum atomic E-state index is 12.1. The lowest BCUT2D eigenvalue weighted by Crippen LogP contribution is -2.23. The number of carbonyl (C=O) groups excluding carboxylic acids is 1. The largest absolute Gasteiger partial charge is 0.347 e. The van der Waals surface area contributed by atoms with Crippen molar-refractivity contribution in [2.45, 2.75) is 6.54 Å². The molecule has 1 N–H and O–H groups in total. The van der Waals surface area contributed by atoms with Crippen LogP contribution in [0.2, 0.25) is 5.02 Å². The van der Waals surface area contributed by atoms with Crippen LogP contribution in [0.15, 0.2) is 46.5 Å². The van der Waals surface area contributed by atoms with Crippen LogP contribution >= 0.6 is 34.3 Å². The maximum absolute atomic E-state index is 12.1. The smallest absolute Gasteiger partial charge is 0.271 e. The lowest BCUT2D eigenvalue weighted by molar-refractivity contribution is 0.0946. The van der Waals surface area contributed by atoms with Gasteiger partial charge in [-0.1, -0.05) is 29.8 Å². The number of hydrogen-bond acceptors (Lipinski definition) is 4. The van der Waals surface area contributed by atoms with Crippen molar-refractivity contribution in [1.29, 1.82) is 0 Å². The summed E-state index contributed by atoms with van der Waals surface area (Å²) in [7, 11) is 0. The van der Waals surface area contributed by atoms with Gasteiger partial charge in [0.2, 0.25) is 0 Å². The molecule has 21 heavy (non-hydrogen) atoms. The van der Waals surface area contributed by atoms with Crippen LogP contribution in [-0.2, 0) is 6.54 Å². The maximum Gasteiger partial charge on any atom is 0.271 e. The third-order valence-corrected chi connectivity index (χ3v) is 4.85. The zero-order chi connectivity index (χ0) is 14.7. The average Bonchev–Trinajstić information content (AvgIpc) is 3.16. The number of nitrogens with zero attached hydrogens (tertiary/aromatic N) is 1. The molecule has 0 saturated heterocycles. The number of aromatic nitrogens is 1. The van der Waals surface area contributed by atoms with E-state index < -0.39 is 0 Å². The highest BCUT2D eigenvalue weighted by Crippen LogP contribution is 2.25. The van der Waals surface area contributed by atoms with Crippen LogP contribution in [0.5, 0.6) is 0 Å². The van der Waals surface area contributed by atoms with Crippen LogP contribution in [0.4, 0.5) is 0 Å². The Kier molecular flexibility index (Phi) is 4.34. The number of carbonyl (C=O) groups is 1. The van der Waals surface area contributed by atoms with E-state index in [1.807, 2.05) is 35.0 Å². The Hall–Kier alpha value is -1.69. The first-order valence-electron chi connectivity index (χ1n) is 6.24. The highest BCUT2D eigenvalue weighted by molar-refractivity contribution is 7.14. The van der Waals surface area contributed by atoms with Crippen LogP contribution in [0.25, 0.3) is 10.6 Å². The van der Waals surface area contributed by atoms with Crippen molar-refractivity contribution in [3.8, 4) is 10.6 Å². The van der Waals surface area contributed by atoms with Gasteiger partial charge in [0, 0.05) is 27.9 Å². The van der Waals surface area contributed by atoms with E-state index in [0.717, 1.165) is 16.1 Å². The molecular formula is C15H11ClN2OS2. The highest BCUT2D eigenvalue weighted by atomic mass is 35.5. The first-order valence-corrected chi connectivity index (χ1v) is 8.44. The minimum atomic E-state index is -0.187. The van der Waals surface area contributed by atoms with Crippen molar-refractivity contribution in [1.82, 2.24) is 10.3 Å². The number of thiophene rings is 1. The fraction of sp³-hybridized carbons (Fsp3) is 0.0667. The van der Waals surface area contributed by atoms with Crippen molar-refractivity contribution in [3.63, 3.8) is 0 Å². The second-order valence-corrected chi connectivity index (χ2v) is 6.37. The second-order valence-electron chi connectivity index (χ2n) is 4.32. The summed E-state index contributed by atoms with van der Waals surface area (Å²) in [5.41, 5.74) is 2.38. The summed E-state index contributed by atoms with van der Waals surface area (Å²) in [5.74, 6) is -0.187. The van der Waals surface area contributed by atoms with E-state index >= 15 is 0 Å². The number of hydrogen-bond donors (Lipinski definition) is 1. The summed E-state index contributed by atoms with van der Waals surface area (Å²) < 4.78 is 0. The summed E-state index contributed by atoms with van der Waals surface area (Å²) in [5, 5.41) is 10.1. The molecule has 0 aliphatic heterocycles. The van der Waals surface area contributed by atoms with Crippen LogP contribution in [0.1, 0.15) is 16.1 Å². The Labute approximate surface area is 135 Å². The molecular weight excluding hydrogens is 324 g/mol. The normalized spacial score (nSPS) is 10.5. The fourth-order valence-electron chi connectivity index (χ4n) is 1.80. The van der Waals surface area contributed by atoms with Crippen molar-refractivity contribution in [2.75, 3.05) is 0 Å². The molecule has 0 saturated carbocycles. The Balaban J connectivity index is 1.68. The van der Waals surface area contributed by atoms with Gasteiger partial charge in [-0.05, 0) is 23.1 Å². The number of rotatable bonds is 4. The van der Waals surface area contributed by atoms with Crippen molar-refractivity contribution >= 4 is 40.2 Å². The summed E-state index contributed by atoms with van der Waals surface area (Å²) in [6.45, 7) is 0.393. The standard InChI is InChI=1S/C15H11ClN2OS2/c16-12-4-2-1-3-10(12)7-17-14(19)13-9-21-15(18-13)11-5-6-20-8-11/h1-6,8-9H,7H2,(H,17,19). The molecule has 0 atom stereocenters. The molecule has 6 heteroatoms. The second kappa shape index (κ2) is 6.39. The molecule has 2 heterocycles. The number of halogens is 1. The van der Waals surface area contributed by atoms with Crippen LogP contribution in [-0.4, -0.2) is 10.9 Å². The molecule has 1 amide bonds. The molecule has 0 fully saturated rings. The molecule has 3 aromatic rings. The number of benzene rings is 1. The van der Waals surface area contributed by atoms with E-state index in [9.17, 15) is 4.79 Å². The van der Waals surface area contributed by atoms with Crippen LogP contribution < -0.4 is 5.32 Å². The first kappa shape index (κ1) is 14.3. The number of thiazole rings is 1. The summed E-state index contributed by atoms with van der Waals surface area (Å²) in [6.07, 6.45) is 0. The Morgan fingerprint density at radius 3 is 2.86 bits per heavy atom. The van der Waals surface area contributed by atoms with Gasteiger partial charge in [0.1, 0.15) is 10.7 Å². The molecule has 0 radical (unpaired) electrons. The van der Waals surface area contributed by atoms with Crippen LogP contribution in [0, 0.1) is 0 Å². The average molecular weight is 335 g/mol. The minimum absolute atomic E-state index is 0.187. The molecule has 2 aromatic heterocycles. The van der Waals surface area contributed by atoms with E-state index in [1.54, 1.807) is 22.8 Å². The predicted octanol–water partition coefficient (Wildman–Crippen LogP) is 4.46. The molecule has 0 bridgehead atoms. The lowest BCUT2D eigenvalue weighted by atomic mass is 10.2. The SMILES string of the molecule is O=C(NCc1ccccc1Cl)c1csc(-c2ccsc2)n1. The lowest BCUT2D eigenvalue weighted by Gasteiger charge is -2.05. The number of nitrogens with one attached hydrogen (secondary N) is 1. The minimum Gasteiger partial charge on any atom is -0.347 e. The van der Waals surface area contributed by atoms with Gasteiger partial charge in [-0.3, -0.25) is 4.79 Å². The van der Waals surface area contributed by atoms with Crippen molar-refractivity contribution < 1.29 is 4.79 Å². The zero-order valence-corrected chi connectivity index (χ0v) is 13.3. The van der Waals surface area contributed by atoms with Gasteiger partial charge in [-0.25, -0.2) is 4.98 Å². The monoisotopic (exact) mass is 334 g/mol. The predicted molar refractivity (Wildman–Crippen MR) is 88.0 cm³/mol. The Morgan fingerprint density at radius 1 is 1.24 bits per heavy atom. The van der Waals surface area contributed by atoms with E-state index in [-0.39, 0.29) is 5.91 Å². The van der Waals surface area contributed by atoms with Crippen LogP contribution in [0.3, 0.4) is 0 Å². The molecule has 3 nitrogen and oxygen atoms in total. The van der Waals surface area contributed by atoms with Crippen molar-refractivity contribution in [2.24, 2.45) is 0 Å². The summed E-state index contributed by atoms with van der Waals surface area (Å²) >= 11 is 9.14. The van der Waals surface area contributed by atoms with E-state index in [4.69, 9.17) is 11.6 Å². The van der Waals surface area contributed by atoms with E-state index in [0.29, 0.717) is 17.3 Å². The molecule has 3 rings (SSSR count). The number of amides is 1. The van der Waals surface area contributed by atoms with Gasteiger partial charge < -0.3 is 5.32 Å². The summed E-state index contributed by atoms with van der Waals surface area (Å²) in [6, 6.07) is 9.45. The molecule has 0 spiro atoms. The van der Waals surface area contributed by atoms with E-state index in [1.165, 1.54) is 11.3 Å². The Morgan fingerprint density at radius 2 is 2.10 bits per heavy atom. The van der Waals surface area contributed by atoms with E-state index in [2.05, 4.69) is 10.3 Å². The van der Waals surface area contributed by atoms with Gasteiger partial charge in [0.15, 0.2) is 0 Å². The van der Waals surface area contributed by atoms with Gasteiger partial charge in [-0.15, -0.1) is 11.3 Å². The summed E-state index contributed by atoms with van der Waals surface area (Å²) in [4.78, 5) is 16.5. The fourth-order valence-corrected chi connectivity index (χ4v) is 3.52.